The van der Waals surface area contributed by atoms with E-state index in [0.717, 1.165) is 16.6 Å². The van der Waals surface area contributed by atoms with Gasteiger partial charge in [0, 0.05) is 10.2 Å². The molecule has 3 nitrogen and oxygen atoms in total. The predicted molar refractivity (Wildman–Crippen MR) is 77.6 cm³/mol. The van der Waals surface area contributed by atoms with Crippen LogP contribution in [0, 0.1) is 5.92 Å². The number of anilines is 1. The molecule has 0 aliphatic heterocycles. The van der Waals surface area contributed by atoms with Gasteiger partial charge in [0.15, 0.2) is 0 Å². The van der Waals surface area contributed by atoms with Crippen molar-refractivity contribution in [2.24, 2.45) is 5.92 Å². The van der Waals surface area contributed by atoms with E-state index in [-0.39, 0.29) is 11.9 Å². The number of ether oxygens (including phenoxy) is 1. The average molecular weight is 314 g/mol. The van der Waals surface area contributed by atoms with Crippen LogP contribution in [-0.2, 0) is 9.53 Å². The van der Waals surface area contributed by atoms with E-state index in [2.05, 4.69) is 28.2 Å². The fourth-order valence-corrected chi connectivity index (χ4v) is 2.09. The summed E-state index contributed by atoms with van der Waals surface area (Å²) in [5.74, 6) is -0.0617. The molecule has 0 spiro atoms. The van der Waals surface area contributed by atoms with Crippen molar-refractivity contribution >= 4 is 27.6 Å². The lowest BCUT2D eigenvalue weighted by Crippen LogP contribution is -2.49. The van der Waals surface area contributed by atoms with Crippen LogP contribution >= 0.6 is 15.9 Å². The number of benzene rings is 1. The Labute approximate surface area is 117 Å². The number of hydrogen-bond acceptors (Lipinski definition) is 3. The summed E-state index contributed by atoms with van der Waals surface area (Å²) in [7, 11) is 1.42. The highest BCUT2D eigenvalue weighted by Gasteiger charge is 2.39. The van der Waals surface area contributed by atoms with Crippen LogP contribution in [-0.4, -0.2) is 18.6 Å². The van der Waals surface area contributed by atoms with Crippen molar-refractivity contribution in [3.05, 3.63) is 28.7 Å². The first-order chi connectivity index (χ1) is 8.43. The first-order valence-corrected chi connectivity index (χ1v) is 6.85. The molecule has 0 aromatic heterocycles. The highest BCUT2D eigenvalue weighted by Crippen LogP contribution is 2.27. The molecule has 0 aliphatic carbocycles. The van der Waals surface area contributed by atoms with Gasteiger partial charge in [-0.1, -0.05) is 36.2 Å². The number of carbonyl (C=O) groups is 1. The number of rotatable bonds is 5. The minimum absolute atomic E-state index is 0.175. The van der Waals surface area contributed by atoms with Crippen LogP contribution in [0.5, 0.6) is 0 Å². The molecule has 1 rings (SSSR count). The Morgan fingerprint density at radius 2 is 2.00 bits per heavy atom. The Balaban J connectivity index is 2.98. The summed E-state index contributed by atoms with van der Waals surface area (Å²) in [6.07, 6.45) is 0.898. The Hall–Kier alpha value is -1.03. The van der Waals surface area contributed by atoms with Crippen LogP contribution < -0.4 is 5.32 Å². The Kier molecular flexibility index (Phi) is 5.20. The lowest BCUT2D eigenvalue weighted by molar-refractivity contribution is -0.147. The lowest BCUT2D eigenvalue weighted by atomic mass is 9.84. The summed E-state index contributed by atoms with van der Waals surface area (Å²) in [5.41, 5.74) is 0.198. The van der Waals surface area contributed by atoms with Gasteiger partial charge >= 0.3 is 5.97 Å². The van der Waals surface area contributed by atoms with Gasteiger partial charge in [-0.15, -0.1) is 0 Å². The van der Waals surface area contributed by atoms with E-state index in [1.807, 2.05) is 38.1 Å². The molecule has 100 valence electrons. The SMILES string of the molecule is CCC(C)C(C)(Nc1ccc(Br)cc1)C(=O)OC. The van der Waals surface area contributed by atoms with Crippen molar-refractivity contribution in [1.29, 1.82) is 0 Å². The van der Waals surface area contributed by atoms with E-state index >= 15 is 0 Å². The summed E-state index contributed by atoms with van der Waals surface area (Å²) in [4.78, 5) is 12.0. The quantitative estimate of drug-likeness (QED) is 0.839. The summed E-state index contributed by atoms with van der Waals surface area (Å²) in [5, 5.41) is 3.29. The number of halogens is 1. The highest BCUT2D eigenvalue weighted by atomic mass is 79.9. The molecule has 0 heterocycles. The summed E-state index contributed by atoms with van der Waals surface area (Å²) in [6, 6.07) is 7.76. The van der Waals surface area contributed by atoms with Gasteiger partial charge in [0.2, 0.25) is 0 Å². The van der Waals surface area contributed by atoms with Gasteiger partial charge in [-0.05, 0) is 37.1 Å². The average Bonchev–Trinajstić information content (AvgIpc) is 2.39. The summed E-state index contributed by atoms with van der Waals surface area (Å²) in [6.45, 7) is 5.99. The fraction of sp³-hybridized carbons (Fsp3) is 0.500. The van der Waals surface area contributed by atoms with Crippen LogP contribution in [0.2, 0.25) is 0 Å². The second-order valence-electron chi connectivity index (χ2n) is 4.64. The molecule has 0 aliphatic rings. The monoisotopic (exact) mass is 313 g/mol. The van der Waals surface area contributed by atoms with E-state index in [0.29, 0.717) is 0 Å². The maximum absolute atomic E-state index is 12.0. The van der Waals surface area contributed by atoms with E-state index < -0.39 is 5.54 Å². The van der Waals surface area contributed by atoms with Crippen LogP contribution in [0.1, 0.15) is 27.2 Å². The molecule has 1 aromatic carbocycles. The van der Waals surface area contributed by atoms with E-state index in [9.17, 15) is 4.79 Å². The standard InChI is InChI=1S/C14H20BrNO2/c1-5-10(2)14(3,13(17)18-4)16-12-8-6-11(15)7-9-12/h6-10,16H,5H2,1-4H3. The van der Waals surface area contributed by atoms with Crippen molar-refractivity contribution in [3.63, 3.8) is 0 Å². The summed E-state index contributed by atoms with van der Waals surface area (Å²) < 4.78 is 5.93. The van der Waals surface area contributed by atoms with E-state index in [1.165, 1.54) is 7.11 Å². The Morgan fingerprint density at radius 1 is 1.44 bits per heavy atom. The largest absolute Gasteiger partial charge is 0.467 e. The van der Waals surface area contributed by atoms with Gasteiger partial charge in [-0.2, -0.15) is 0 Å². The van der Waals surface area contributed by atoms with Gasteiger partial charge in [0.05, 0.1) is 7.11 Å². The number of methoxy groups -OCH3 is 1. The number of carbonyl (C=O) groups excluding carboxylic acids is 1. The lowest BCUT2D eigenvalue weighted by Gasteiger charge is -2.34. The third kappa shape index (κ3) is 3.25. The Bertz CT molecular complexity index is 405. The maximum Gasteiger partial charge on any atom is 0.331 e. The zero-order valence-corrected chi connectivity index (χ0v) is 12.9. The topological polar surface area (TPSA) is 38.3 Å². The molecule has 2 unspecified atom stereocenters. The second kappa shape index (κ2) is 6.23. The first-order valence-electron chi connectivity index (χ1n) is 6.06. The van der Waals surface area contributed by atoms with Crippen molar-refractivity contribution in [2.75, 3.05) is 12.4 Å². The molecule has 0 saturated heterocycles. The van der Waals surface area contributed by atoms with Gasteiger partial charge < -0.3 is 10.1 Å². The highest BCUT2D eigenvalue weighted by molar-refractivity contribution is 9.10. The first kappa shape index (κ1) is 15.0. The summed E-state index contributed by atoms with van der Waals surface area (Å²) >= 11 is 3.39. The molecule has 2 atom stereocenters. The van der Waals surface area contributed by atoms with Crippen molar-refractivity contribution in [1.82, 2.24) is 0 Å². The van der Waals surface area contributed by atoms with Crippen molar-refractivity contribution < 1.29 is 9.53 Å². The van der Waals surface area contributed by atoms with Gasteiger partial charge in [-0.25, -0.2) is 4.79 Å². The molecule has 0 bridgehead atoms. The normalized spacial score (nSPS) is 15.6. The van der Waals surface area contributed by atoms with E-state index in [1.54, 1.807) is 0 Å². The van der Waals surface area contributed by atoms with Gasteiger partial charge in [0.1, 0.15) is 5.54 Å². The number of hydrogen-bond donors (Lipinski definition) is 1. The predicted octanol–water partition coefficient (Wildman–Crippen LogP) is 3.84. The second-order valence-corrected chi connectivity index (χ2v) is 5.55. The molecule has 0 amide bonds. The number of esters is 1. The molecular formula is C14H20BrNO2. The molecule has 1 N–H and O–H groups in total. The third-order valence-electron chi connectivity index (χ3n) is 3.46. The zero-order valence-electron chi connectivity index (χ0n) is 11.3. The van der Waals surface area contributed by atoms with Crippen molar-refractivity contribution in [2.45, 2.75) is 32.7 Å². The molecule has 4 heteroatoms. The van der Waals surface area contributed by atoms with Gasteiger partial charge in [0.25, 0.3) is 0 Å². The minimum Gasteiger partial charge on any atom is -0.467 e. The third-order valence-corrected chi connectivity index (χ3v) is 3.98. The molecule has 0 saturated carbocycles. The molecule has 18 heavy (non-hydrogen) atoms. The molecule has 0 fully saturated rings. The van der Waals surface area contributed by atoms with Crippen molar-refractivity contribution in [3.8, 4) is 0 Å². The van der Waals surface area contributed by atoms with Gasteiger partial charge in [-0.3, -0.25) is 0 Å². The molecule has 0 radical (unpaired) electrons. The molecule has 1 aromatic rings. The van der Waals surface area contributed by atoms with Crippen LogP contribution in [0.3, 0.4) is 0 Å². The minimum atomic E-state index is -0.711. The van der Waals surface area contributed by atoms with E-state index in [4.69, 9.17) is 4.74 Å². The maximum atomic E-state index is 12.0. The Morgan fingerprint density at radius 3 is 2.44 bits per heavy atom. The van der Waals surface area contributed by atoms with Crippen LogP contribution in [0.25, 0.3) is 0 Å². The molecular weight excluding hydrogens is 294 g/mol. The zero-order chi connectivity index (χ0) is 13.8. The fourth-order valence-electron chi connectivity index (χ4n) is 1.83. The van der Waals surface area contributed by atoms with Crippen LogP contribution in [0.4, 0.5) is 5.69 Å². The van der Waals surface area contributed by atoms with Crippen LogP contribution in [0.15, 0.2) is 28.7 Å². The smallest absolute Gasteiger partial charge is 0.331 e. The number of nitrogens with one attached hydrogen (secondary N) is 1.